The molecule has 1 aliphatic heterocycles. The fraction of sp³-hybridized carbons (Fsp3) is 0.344. The Kier molecular flexibility index (Phi) is 7.80. The van der Waals surface area contributed by atoms with E-state index in [-0.39, 0.29) is 17.6 Å². The summed E-state index contributed by atoms with van der Waals surface area (Å²) in [5.41, 5.74) is 2.99. The van der Waals surface area contributed by atoms with E-state index in [1.165, 1.54) is 17.0 Å². The van der Waals surface area contributed by atoms with Gasteiger partial charge in [0.05, 0.1) is 28.5 Å². The minimum absolute atomic E-state index is 0.0695. The van der Waals surface area contributed by atoms with Crippen molar-refractivity contribution in [2.24, 2.45) is 7.05 Å². The fourth-order valence-electron chi connectivity index (χ4n) is 5.09. The molecule has 0 atom stereocenters. The van der Waals surface area contributed by atoms with Gasteiger partial charge in [0.2, 0.25) is 0 Å². The molecule has 0 aliphatic carbocycles. The quantitative estimate of drug-likeness (QED) is 0.330. The number of piperazine rings is 1. The summed E-state index contributed by atoms with van der Waals surface area (Å²) in [6.45, 7) is 7.07. The molecule has 0 unspecified atom stereocenters. The van der Waals surface area contributed by atoms with Crippen LogP contribution in [0.25, 0.3) is 33.3 Å². The average Bonchev–Trinajstić information content (AvgIpc) is 3.35. The lowest BCUT2D eigenvalue weighted by Gasteiger charge is -2.37. The first-order valence-corrected chi connectivity index (χ1v) is 14.0. The maximum atomic E-state index is 14.9. The number of ether oxygens (including phenoxy) is 1. The maximum Gasteiger partial charge on any atom is 0.410 e. The molecule has 0 saturated carbocycles. The van der Waals surface area contributed by atoms with Crippen LogP contribution in [0.2, 0.25) is 0 Å². The minimum Gasteiger partial charge on any atom is -0.444 e. The second-order valence-corrected chi connectivity index (χ2v) is 11.8. The number of halogens is 1. The summed E-state index contributed by atoms with van der Waals surface area (Å²) in [6.07, 6.45) is 1.37. The molecule has 1 fully saturated rings. The van der Waals surface area contributed by atoms with Gasteiger partial charge in [-0.1, -0.05) is 12.1 Å². The molecule has 0 spiro atoms. The molecule has 4 aromatic rings. The van der Waals surface area contributed by atoms with E-state index in [0.717, 1.165) is 16.5 Å². The van der Waals surface area contributed by atoms with Crippen LogP contribution in [-0.2, 0) is 11.8 Å². The molecule has 2 aromatic heterocycles. The third kappa shape index (κ3) is 6.00. The standard InChI is InChI=1S/C32H34FN7O3/c1-32(2,3)43-31(42)40-13-11-39(12-14-40)29-25(30(41)37(4)5)17-24(20-9-10-27-23(15-20)19-35-38(27)6)28(36-29)21-7-8-22(18-34)26(33)16-21/h7-10,15-17,19H,11-14H2,1-6H3. The van der Waals surface area contributed by atoms with E-state index in [9.17, 15) is 19.2 Å². The Hall–Kier alpha value is -4.98. The Balaban J connectivity index is 1.64. The fourth-order valence-corrected chi connectivity index (χ4v) is 5.09. The second kappa shape index (κ2) is 11.4. The summed E-state index contributed by atoms with van der Waals surface area (Å²) in [7, 11) is 5.22. The van der Waals surface area contributed by atoms with Gasteiger partial charge in [0.1, 0.15) is 23.3 Å². The zero-order valence-corrected chi connectivity index (χ0v) is 25.2. The number of rotatable bonds is 4. The number of hydrogen-bond acceptors (Lipinski definition) is 7. The number of amides is 2. The van der Waals surface area contributed by atoms with E-state index in [2.05, 4.69) is 5.10 Å². The van der Waals surface area contributed by atoms with Crippen molar-refractivity contribution in [2.45, 2.75) is 26.4 Å². The topological polar surface area (TPSA) is 108 Å². The Morgan fingerprint density at radius 2 is 1.72 bits per heavy atom. The van der Waals surface area contributed by atoms with E-state index in [4.69, 9.17) is 9.72 Å². The molecule has 1 saturated heterocycles. The molecule has 3 heterocycles. The van der Waals surface area contributed by atoms with Crippen molar-refractivity contribution in [1.29, 1.82) is 5.26 Å². The minimum atomic E-state index is -0.656. The van der Waals surface area contributed by atoms with E-state index in [0.29, 0.717) is 54.4 Å². The highest BCUT2D eigenvalue weighted by molar-refractivity contribution is 6.02. The first-order valence-electron chi connectivity index (χ1n) is 14.0. The molecule has 1 aliphatic rings. The average molecular weight is 584 g/mol. The number of hydrogen-bond donors (Lipinski definition) is 0. The summed E-state index contributed by atoms with van der Waals surface area (Å²) in [4.78, 5) is 36.4. The van der Waals surface area contributed by atoms with Crippen molar-refractivity contribution in [2.75, 3.05) is 45.2 Å². The Labute approximate surface area is 249 Å². The Morgan fingerprint density at radius 1 is 1.02 bits per heavy atom. The zero-order chi connectivity index (χ0) is 31.1. The number of nitrogens with zero attached hydrogens (tertiary/aromatic N) is 7. The molecule has 10 nitrogen and oxygen atoms in total. The second-order valence-electron chi connectivity index (χ2n) is 11.8. The molecular weight excluding hydrogens is 549 g/mol. The highest BCUT2D eigenvalue weighted by Crippen LogP contribution is 2.37. The molecule has 222 valence electrons. The van der Waals surface area contributed by atoms with Gasteiger partial charge in [0, 0.05) is 63.8 Å². The molecule has 11 heteroatoms. The van der Waals surface area contributed by atoms with Gasteiger partial charge in [0.15, 0.2) is 0 Å². The Bertz CT molecular complexity index is 1760. The van der Waals surface area contributed by atoms with Crippen LogP contribution in [0.15, 0.2) is 48.7 Å². The molecule has 0 bridgehead atoms. The van der Waals surface area contributed by atoms with Crippen LogP contribution in [-0.4, -0.2) is 82.4 Å². The van der Waals surface area contributed by atoms with E-state index < -0.39 is 11.4 Å². The Morgan fingerprint density at radius 3 is 2.35 bits per heavy atom. The first-order chi connectivity index (χ1) is 20.4. The normalized spacial score (nSPS) is 13.6. The first kappa shape index (κ1) is 29.5. The number of aryl methyl sites for hydroxylation is 1. The number of carbonyl (C=O) groups excluding carboxylic acids is 2. The van der Waals surface area contributed by atoms with E-state index in [1.54, 1.807) is 42.0 Å². The van der Waals surface area contributed by atoms with Crippen LogP contribution >= 0.6 is 0 Å². The third-order valence-electron chi connectivity index (χ3n) is 7.29. The number of anilines is 1. The number of nitriles is 1. The summed E-state index contributed by atoms with van der Waals surface area (Å²) in [6, 6.07) is 13.9. The van der Waals surface area contributed by atoms with Gasteiger partial charge in [-0.25, -0.2) is 14.2 Å². The number of carbonyl (C=O) groups is 2. The number of pyridine rings is 1. The third-order valence-corrected chi connectivity index (χ3v) is 7.29. The van der Waals surface area contributed by atoms with Crippen LogP contribution in [0, 0.1) is 17.1 Å². The van der Waals surface area contributed by atoms with Crippen molar-refractivity contribution >= 4 is 28.7 Å². The van der Waals surface area contributed by atoms with Gasteiger partial charge in [-0.2, -0.15) is 10.4 Å². The molecular formula is C32H34FN7O3. The lowest BCUT2D eigenvalue weighted by Crippen LogP contribution is -2.50. The molecule has 2 aromatic carbocycles. The zero-order valence-electron chi connectivity index (χ0n) is 25.2. The predicted molar refractivity (Wildman–Crippen MR) is 162 cm³/mol. The highest BCUT2D eigenvalue weighted by atomic mass is 19.1. The highest BCUT2D eigenvalue weighted by Gasteiger charge is 2.30. The van der Waals surface area contributed by atoms with E-state index in [1.807, 2.05) is 57.0 Å². The van der Waals surface area contributed by atoms with Crippen molar-refractivity contribution in [3.05, 3.63) is 65.6 Å². The molecule has 0 radical (unpaired) electrons. The van der Waals surface area contributed by atoms with Gasteiger partial charge in [-0.3, -0.25) is 9.48 Å². The predicted octanol–water partition coefficient (Wildman–Crippen LogP) is 5.07. The van der Waals surface area contributed by atoms with Crippen LogP contribution in [0.3, 0.4) is 0 Å². The summed E-state index contributed by atoms with van der Waals surface area (Å²) in [5.74, 6) is -0.455. The van der Waals surface area contributed by atoms with Crippen LogP contribution in [0.4, 0.5) is 15.0 Å². The van der Waals surface area contributed by atoms with Crippen LogP contribution < -0.4 is 4.90 Å². The van der Waals surface area contributed by atoms with Gasteiger partial charge < -0.3 is 19.4 Å². The van der Waals surface area contributed by atoms with Crippen molar-refractivity contribution < 1.29 is 18.7 Å². The monoisotopic (exact) mass is 583 g/mol. The largest absolute Gasteiger partial charge is 0.444 e. The number of aromatic nitrogens is 3. The van der Waals surface area contributed by atoms with E-state index >= 15 is 0 Å². The molecule has 43 heavy (non-hydrogen) atoms. The summed E-state index contributed by atoms with van der Waals surface area (Å²) in [5, 5.41) is 14.5. The lowest BCUT2D eigenvalue weighted by molar-refractivity contribution is 0.0240. The van der Waals surface area contributed by atoms with Crippen LogP contribution in [0.1, 0.15) is 36.7 Å². The molecule has 5 rings (SSSR count). The SMILES string of the molecule is CN(C)C(=O)c1cc(-c2ccc3c(cnn3C)c2)c(-c2ccc(C#N)c(F)c2)nc1N1CCN(C(=O)OC(C)(C)C)CC1. The molecule has 2 amide bonds. The summed E-state index contributed by atoms with van der Waals surface area (Å²) >= 11 is 0. The van der Waals surface area contributed by atoms with Crippen molar-refractivity contribution in [3.8, 4) is 28.5 Å². The summed E-state index contributed by atoms with van der Waals surface area (Å²) < 4.78 is 22.2. The number of fused-ring (bicyclic) bond motifs is 1. The van der Waals surface area contributed by atoms with Crippen molar-refractivity contribution in [3.63, 3.8) is 0 Å². The maximum absolute atomic E-state index is 14.9. The lowest BCUT2D eigenvalue weighted by atomic mass is 9.95. The van der Waals surface area contributed by atoms with Gasteiger partial charge in [-0.15, -0.1) is 0 Å². The molecule has 0 N–H and O–H groups in total. The van der Waals surface area contributed by atoms with Crippen LogP contribution in [0.5, 0.6) is 0 Å². The van der Waals surface area contributed by atoms with Gasteiger partial charge in [0.25, 0.3) is 5.91 Å². The van der Waals surface area contributed by atoms with Gasteiger partial charge >= 0.3 is 6.09 Å². The van der Waals surface area contributed by atoms with Gasteiger partial charge in [-0.05, 0) is 56.7 Å². The number of benzene rings is 2. The van der Waals surface area contributed by atoms with Crippen molar-refractivity contribution in [1.82, 2.24) is 24.6 Å². The smallest absolute Gasteiger partial charge is 0.410 e.